The van der Waals surface area contributed by atoms with Crippen molar-refractivity contribution in [1.82, 2.24) is 10.2 Å². The van der Waals surface area contributed by atoms with E-state index in [0.717, 1.165) is 44.4 Å². The lowest BCUT2D eigenvalue weighted by atomic mass is 9.97. The van der Waals surface area contributed by atoms with E-state index in [1.165, 1.54) is 20.0 Å². The van der Waals surface area contributed by atoms with Crippen molar-refractivity contribution in [3.63, 3.8) is 0 Å². The van der Waals surface area contributed by atoms with Crippen LogP contribution in [0, 0.1) is 12.8 Å². The Kier molecular flexibility index (Phi) is 7.93. The fourth-order valence-corrected chi connectivity index (χ4v) is 2.85. The summed E-state index contributed by atoms with van der Waals surface area (Å²) in [7, 11) is 1.39. The summed E-state index contributed by atoms with van der Waals surface area (Å²) >= 11 is 0. The monoisotopic (exact) mass is 330 g/mol. The van der Waals surface area contributed by atoms with E-state index >= 15 is 0 Å². The largest absolute Gasteiger partial charge is 0.465 e. The molecule has 0 bridgehead atoms. The van der Waals surface area contributed by atoms with Crippen molar-refractivity contribution in [3.8, 4) is 0 Å². The fraction of sp³-hybridized carbons (Fsp3) is 0.688. The number of likely N-dealkylation sites (tertiary alicyclic amines) is 1. The molecule has 22 heavy (non-hydrogen) atoms. The number of nitrogens with zero attached hydrogens (tertiary/aromatic N) is 1. The van der Waals surface area contributed by atoms with Gasteiger partial charge in [0.05, 0.1) is 13.7 Å². The molecule has 6 heteroatoms. The number of esters is 1. The lowest BCUT2D eigenvalue weighted by molar-refractivity contribution is 0.0599. The molecule has 5 nitrogen and oxygen atoms in total. The Morgan fingerprint density at radius 1 is 1.45 bits per heavy atom. The quantitative estimate of drug-likeness (QED) is 0.813. The van der Waals surface area contributed by atoms with Crippen molar-refractivity contribution in [1.29, 1.82) is 0 Å². The Morgan fingerprint density at radius 2 is 2.14 bits per heavy atom. The highest BCUT2D eigenvalue weighted by Crippen LogP contribution is 2.21. The van der Waals surface area contributed by atoms with Gasteiger partial charge in [0.15, 0.2) is 0 Å². The minimum atomic E-state index is -0.327. The Balaban J connectivity index is 0.00000242. The van der Waals surface area contributed by atoms with Crippen LogP contribution in [-0.4, -0.2) is 44.2 Å². The summed E-state index contributed by atoms with van der Waals surface area (Å²) in [5, 5.41) is 3.42. The summed E-state index contributed by atoms with van der Waals surface area (Å²) < 4.78 is 10.4. The van der Waals surface area contributed by atoms with E-state index < -0.39 is 0 Å². The highest BCUT2D eigenvalue weighted by atomic mass is 35.5. The van der Waals surface area contributed by atoms with Gasteiger partial charge < -0.3 is 14.5 Å². The zero-order chi connectivity index (χ0) is 15.2. The highest BCUT2D eigenvalue weighted by molar-refractivity contribution is 5.90. The molecule has 0 amide bonds. The second kappa shape index (κ2) is 9.18. The first-order valence-electron chi connectivity index (χ1n) is 7.74. The van der Waals surface area contributed by atoms with Gasteiger partial charge in [0.2, 0.25) is 0 Å². The Hall–Kier alpha value is -1.04. The van der Waals surface area contributed by atoms with Crippen molar-refractivity contribution in [2.45, 2.75) is 33.2 Å². The van der Waals surface area contributed by atoms with E-state index in [2.05, 4.69) is 17.1 Å². The maximum Gasteiger partial charge on any atom is 0.341 e. The lowest BCUT2D eigenvalue weighted by Crippen LogP contribution is -2.36. The maximum atomic E-state index is 11.6. The van der Waals surface area contributed by atoms with E-state index in [0.29, 0.717) is 11.3 Å². The summed E-state index contributed by atoms with van der Waals surface area (Å²) in [6, 6.07) is 1.81. The Labute approximate surface area is 138 Å². The molecule has 0 saturated carbocycles. The third-order valence-electron chi connectivity index (χ3n) is 4.14. The van der Waals surface area contributed by atoms with Crippen LogP contribution in [0.15, 0.2) is 10.5 Å². The minimum absolute atomic E-state index is 0. The molecule has 0 unspecified atom stereocenters. The molecule has 0 radical (unpaired) electrons. The zero-order valence-corrected chi connectivity index (χ0v) is 14.5. The van der Waals surface area contributed by atoms with Gasteiger partial charge in [0.25, 0.3) is 0 Å². The van der Waals surface area contributed by atoms with Gasteiger partial charge >= 0.3 is 5.97 Å². The third kappa shape index (κ3) is 5.00. The van der Waals surface area contributed by atoms with Crippen LogP contribution in [0.2, 0.25) is 0 Å². The molecule has 0 spiro atoms. The van der Waals surface area contributed by atoms with E-state index in [4.69, 9.17) is 9.15 Å². The molecule has 1 aromatic heterocycles. The lowest BCUT2D eigenvalue weighted by Gasteiger charge is -2.31. The van der Waals surface area contributed by atoms with Crippen molar-refractivity contribution >= 4 is 18.4 Å². The number of furan rings is 1. The molecule has 0 atom stereocenters. The molecule has 1 aliphatic heterocycles. The van der Waals surface area contributed by atoms with Crippen LogP contribution in [0.4, 0.5) is 0 Å². The number of hydrogen-bond acceptors (Lipinski definition) is 5. The zero-order valence-electron chi connectivity index (χ0n) is 13.7. The third-order valence-corrected chi connectivity index (χ3v) is 4.14. The highest BCUT2D eigenvalue weighted by Gasteiger charge is 2.21. The first-order valence-corrected chi connectivity index (χ1v) is 7.74. The number of carbonyl (C=O) groups excluding carboxylic acids is 1. The normalized spacial score (nSPS) is 16.3. The molecule has 1 fully saturated rings. The van der Waals surface area contributed by atoms with Crippen LogP contribution in [0.1, 0.15) is 41.6 Å². The Morgan fingerprint density at radius 3 is 2.73 bits per heavy atom. The van der Waals surface area contributed by atoms with Crippen LogP contribution in [0.25, 0.3) is 0 Å². The van der Waals surface area contributed by atoms with E-state index in [-0.39, 0.29) is 18.4 Å². The predicted molar refractivity (Wildman–Crippen MR) is 88.6 cm³/mol. The summed E-state index contributed by atoms with van der Waals surface area (Å²) in [5.74, 6) is 1.94. The number of carbonyl (C=O) groups is 1. The van der Waals surface area contributed by atoms with E-state index in [9.17, 15) is 4.79 Å². The molecular weight excluding hydrogens is 304 g/mol. The average Bonchev–Trinajstić information content (AvgIpc) is 2.86. The number of hydrogen-bond donors (Lipinski definition) is 1. The molecule has 2 heterocycles. The van der Waals surface area contributed by atoms with Gasteiger partial charge in [-0.15, -0.1) is 12.4 Å². The van der Waals surface area contributed by atoms with Crippen LogP contribution in [0.5, 0.6) is 0 Å². The van der Waals surface area contributed by atoms with Gasteiger partial charge in [0.1, 0.15) is 17.1 Å². The minimum Gasteiger partial charge on any atom is -0.465 e. The van der Waals surface area contributed by atoms with Gasteiger partial charge in [-0.25, -0.2) is 4.79 Å². The first-order chi connectivity index (χ1) is 10.1. The van der Waals surface area contributed by atoms with Crippen molar-refractivity contribution in [2.24, 2.45) is 5.92 Å². The van der Waals surface area contributed by atoms with Gasteiger partial charge in [-0.1, -0.05) is 6.92 Å². The number of nitrogens with one attached hydrogen (secondary N) is 1. The number of methoxy groups -OCH3 is 1. The van der Waals surface area contributed by atoms with Crippen molar-refractivity contribution < 1.29 is 13.9 Å². The second-order valence-electron chi connectivity index (χ2n) is 5.70. The van der Waals surface area contributed by atoms with Gasteiger partial charge in [0, 0.05) is 0 Å². The van der Waals surface area contributed by atoms with Crippen LogP contribution in [0.3, 0.4) is 0 Å². The molecule has 1 saturated heterocycles. The topological polar surface area (TPSA) is 54.7 Å². The van der Waals surface area contributed by atoms with Crippen LogP contribution >= 0.6 is 12.4 Å². The molecule has 126 valence electrons. The smallest absolute Gasteiger partial charge is 0.341 e. The van der Waals surface area contributed by atoms with Crippen LogP contribution in [-0.2, 0) is 11.3 Å². The predicted octanol–water partition coefficient (Wildman–Crippen LogP) is 2.62. The molecule has 0 aliphatic carbocycles. The van der Waals surface area contributed by atoms with Crippen molar-refractivity contribution in [2.75, 3.05) is 33.3 Å². The Bertz CT molecular complexity index is 468. The molecule has 0 aromatic carbocycles. The summed E-state index contributed by atoms with van der Waals surface area (Å²) in [6.07, 6.45) is 2.44. The van der Waals surface area contributed by atoms with E-state index in [1.807, 2.05) is 6.07 Å². The van der Waals surface area contributed by atoms with Gasteiger partial charge in [-0.05, 0) is 57.9 Å². The van der Waals surface area contributed by atoms with Crippen molar-refractivity contribution in [3.05, 3.63) is 23.2 Å². The fourth-order valence-electron chi connectivity index (χ4n) is 2.85. The second-order valence-corrected chi connectivity index (χ2v) is 5.70. The molecule has 1 aromatic rings. The summed E-state index contributed by atoms with van der Waals surface area (Å²) in [5.41, 5.74) is 0.537. The molecule has 1 N–H and O–H groups in total. The molecular formula is C16H27ClN2O3. The van der Waals surface area contributed by atoms with E-state index in [1.54, 1.807) is 6.92 Å². The first kappa shape index (κ1) is 19.0. The number of rotatable bonds is 6. The number of halogens is 1. The van der Waals surface area contributed by atoms with Crippen LogP contribution < -0.4 is 5.32 Å². The summed E-state index contributed by atoms with van der Waals surface area (Å²) in [4.78, 5) is 14.0. The van der Waals surface area contributed by atoms with Gasteiger partial charge in [-0.3, -0.25) is 4.90 Å². The van der Waals surface area contributed by atoms with Gasteiger partial charge in [-0.2, -0.15) is 0 Å². The number of piperidine rings is 1. The average molecular weight is 331 g/mol. The number of aryl methyl sites for hydroxylation is 1. The molecule has 2 rings (SSSR count). The maximum absolute atomic E-state index is 11.6. The standard InChI is InChI=1S/C16H26N2O3.ClH/c1-4-17-10-13-5-7-18(8-6-13)11-14-9-15(12(2)21-14)16(19)20-3;/h9,13,17H,4-8,10-11H2,1-3H3;1H. The SMILES string of the molecule is CCNCC1CCN(Cc2cc(C(=O)OC)c(C)o2)CC1.Cl. The number of ether oxygens (including phenoxy) is 1. The summed E-state index contributed by atoms with van der Waals surface area (Å²) in [6.45, 7) is 9.06. The molecule has 1 aliphatic rings.